The smallest absolute Gasteiger partial charge is 0.230 e. The number of benzene rings is 6. The third-order valence-electron chi connectivity index (χ3n) is 8.43. The fourth-order valence-electron chi connectivity index (χ4n) is 6.60. The molecule has 0 amide bonds. The summed E-state index contributed by atoms with van der Waals surface area (Å²) in [5.74, 6) is 0. The Morgan fingerprint density at radius 1 is 0.674 bits per heavy atom. The summed E-state index contributed by atoms with van der Waals surface area (Å²) >= 11 is 1.79. The maximum Gasteiger partial charge on any atom is 0.230 e. The summed E-state index contributed by atoms with van der Waals surface area (Å²) in [6.07, 6.45) is 0. The van der Waals surface area contributed by atoms with Crippen molar-refractivity contribution in [1.29, 1.82) is 5.26 Å². The highest BCUT2D eigenvalue weighted by molar-refractivity contribution is 7.25. The molecule has 0 unspecified atom stereocenters. The molecule has 0 spiro atoms. The van der Waals surface area contributed by atoms with E-state index >= 15 is 0 Å². The number of furan rings is 1. The van der Waals surface area contributed by atoms with Crippen molar-refractivity contribution >= 4 is 80.9 Å². The molecule has 0 saturated heterocycles. The summed E-state index contributed by atoms with van der Waals surface area (Å²) in [6.45, 7) is 8.11. The predicted molar refractivity (Wildman–Crippen MR) is 177 cm³/mol. The molecule has 0 aliphatic carbocycles. The number of fused-ring (bicyclic) bond motifs is 9. The Morgan fingerprint density at radius 2 is 1.44 bits per heavy atom. The van der Waals surface area contributed by atoms with E-state index < -0.39 is 0 Å². The Hall–Kier alpha value is -5.88. The monoisotopic (exact) mass is 565 g/mol. The van der Waals surface area contributed by atoms with Gasteiger partial charge in [-0.3, -0.25) is 0 Å². The summed E-state index contributed by atoms with van der Waals surface area (Å²) < 4.78 is 11.3. The van der Waals surface area contributed by atoms with E-state index in [0.717, 1.165) is 55.0 Å². The van der Waals surface area contributed by atoms with Crippen molar-refractivity contribution in [3.63, 3.8) is 0 Å². The third-order valence-corrected chi connectivity index (χ3v) is 9.57. The molecule has 6 aromatic carbocycles. The van der Waals surface area contributed by atoms with Gasteiger partial charge in [0.05, 0.1) is 34.9 Å². The van der Waals surface area contributed by atoms with Gasteiger partial charge in [-0.1, -0.05) is 60.7 Å². The third kappa shape index (κ3) is 3.29. The normalized spacial score (nSPS) is 11.7. The van der Waals surface area contributed by atoms with E-state index in [4.69, 9.17) is 11.0 Å². The topological polar surface area (TPSA) is 46.2 Å². The second kappa shape index (κ2) is 8.81. The van der Waals surface area contributed by atoms with Gasteiger partial charge in [0.1, 0.15) is 5.58 Å². The van der Waals surface area contributed by atoms with Crippen molar-refractivity contribution in [2.75, 3.05) is 0 Å². The summed E-state index contributed by atoms with van der Waals surface area (Å²) in [4.78, 5) is 3.94. The summed E-state index contributed by atoms with van der Waals surface area (Å²) in [7, 11) is 0. The first-order valence-electron chi connectivity index (χ1n) is 13.9. The van der Waals surface area contributed by atoms with Crippen LogP contribution in [0.1, 0.15) is 5.56 Å². The zero-order valence-electron chi connectivity index (χ0n) is 22.6. The van der Waals surface area contributed by atoms with Gasteiger partial charge >= 0.3 is 0 Å². The molecule has 0 fully saturated rings. The number of hydrogen-bond donors (Lipinski definition) is 0. The van der Waals surface area contributed by atoms with Crippen molar-refractivity contribution in [3.8, 4) is 22.9 Å². The van der Waals surface area contributed by atoms with Crippen LogP contribution >= 0.6 is 11.3 Å². The first-order chi connectivity index (χ1) is 21.2. The molecule has 5 heteroatoms. The fourth-order valence-corrected chi connectivity index (χ4v) is 7.73. The summed E-state index contributed by atoms with van der Waals surface area (Å²) in [5.41, 5.74) is 7.48. The Bertz CT molecular complexity index is 2710. The molecule has 0 bridgehead atoms. The van der Waals surface area contributed by atoms with E-state index in [9.17, 15) is 5.26 Å². The van der Waals surface area contributed by atoms with E-state index in [1.807, 2.05) is 42.5 Å². The lowest BCUT2D eigenvalue weighted by atomic mass is 9.97. The molecular weight excluding hydrogens is 547 g/mol. The van der Waals surface area contributed by atoms with E-state index in [2.05, 4.69) is 88.3 Å². The van der Waals surface area contributed by atoms with Crippen LogP contribution in [0, 0.1) is 17.9 Å². The average Bonchev–Trinajstić information content (AvgIpc) is 3.73. The molecule has 0 radical (unpaired) electrons. The van der Waals surface area contributed by atoms with Gasteiger partial charge in [-0.15, -0.1) is 11.3 Å². The molecule has 3 heterocycles. The predicted octanol–water partition coefficient (Wildman–Crippen LogP) is 11.1. The Balaban J connectivity index is 1.36. The first-order valence-corrected chi connectivity index (χ1v) is 14.8. The Morgan fingerprint density at radius 3 is 2.33 bits per heavy atom. The average molecular weight is 566 g/mol. The van der Waals surface area contributed by atoms with Crippen LogP contribution in [0.4, 0.5) is 5.69 Å². The molecule has 0 N–H and O–H groups in total. The largest absolute Gasteiger partial charge is 0.465 e. The van der Waals surface area contributed by atoms with Crippen molar-refractivity contribution in [2.45, 2.75) is 0 Å². The highest BCUT2D eigenvalue weighted by atomic mass is 32.1. The number of hydrogen-bond acceptors (Lipinski definition) is 3. The van der Waals surface area contributed by atoms with Crippen molar-refractivity contribution in [1.82, 2.24) is 4.57 Å². The number of nitriles is 1. The highest BCUT2D eigenvalue weighted by Crippen LogP contribution is 2.45. The molecule has 3 aromatic heterocycles. The van der Waals surface area contributed by atoms with Gasteiger partial charge in [-0.05, 0) is 65.7 Å². The van der Waals surface area contributed by atoms with Crippen LogP contribution in [0.25, 0.3) is 85.6 Å². The lowest BCUT2D eigenvalue weighted by Crippen LogP contribution is -1.94. The van der Waals surface area contributed by atoms with Crippen LogP contribution in [0.15, 0.2) is 120 Å². The Kier molecular flexibility index (Phi) is 4.87. The molecule has 0 aliphatic heterocycles. The molecule has 43 heavy (non-hydrogen) atoms. The zero-order chi connectivity index (χ0) is 28.7. The van der Waals surface area contributed by atoms with E-state index in [-0.39, 0.29) is 0 Å². The summed E-state index contributed by atoms with van der Waals surface area (Å²) in [6, 6.07) is 41.6. The molecule has 4 nitrogen and oxygen atoms in total. The number of para-hydroxylation sites is 2. The van der Waals surface area contributed by atoms with Gasteiger partial charge in [-0.25, -0.2) is 4.85 Å². The van der Waals surface area contributed by atoms with Crippen molar-refractivity contribution in [2.24, 2.45) is 0 Å². The minimum Gasteiger partial charge on any atom is -0.465 e. The minimum atomic E-state index is 0.493. The summed E-state index contributed by atoms with van der Waals surface area (Å²) in [5, 5.41) is 16.0. The van der Waals surface area contributed by atoms with E-state index in [1.165, 1.54) is 20.2 Å². The maximum absolute atomic E-state index is 9.57. The quantitative estimate of drug-likeness (QED) is 0.196. The van der Waals surface area contributed by atoms with Crippen LogP contribution in [0.5, 0.6) is 0 Å². The lowest BCUT2D eigenvalue weighted by Gasteiger charge is -2.08. The van der Waals surface area contributed by atoms with Gasteiger partial charge in [0, 0.05) is 41.7 Å². The van der Waals surface area contributed by atoms with E-state index in [0.29, 0.717) is 16.8 Å². The molecule has 0 aliphatic rings. The lowest BCUT2D eigenvalue weighted by molar-refractivity contribution is 0.668. The molecule has 9 aromatic rings. The highest BCUT2D eigenvalue weighted by Gasteiger charge is 2.21. The van der Waals surface area contributed by atoms with Crippen LogP contribution in [-0.2, 0) is 0 Å². The Labute approximate surface area is 249 Å². The van der Waals surface area contributed by atoms with E-state index in [1.54, 1.807) is 11.3 Å². The second-order valence-corrected chi connectivity index (χ2v) is 11.8. The van der Waals surface area contributed by atoms with Gasteiger partial charge in [0.25, 0.3) is 0 Å². The van der Waals surface area contributed by atoms with Crippen molar-refractivity contribution < 1.29 is 4.42 Å². The minimum absolute atomic E-state index is 0.493. The fraction of sp³-hybridized carbons (Fsp3) is 0. The van der Waals surface area contributed by atoms with Crippen LogP contribution in [-0.4, -0.2) is 4.57 Å². The molecule has 198 valence electrons. The van der Waals surface area contributed by atoms with Gasteiger partial charge in [0.15, 0.2) is 5.58 Å². The van der Waals surface area contributed by atoms with Crippen LogP contribution in [0.3, 0.4) is 0 Å². The SMILES string of the molecule is [C-]#[N+]c1cc(-c2cccc3sc4ccccc4c23)cc2c1oc1c(-n3c4ccccc4c4cc(C#N)ccc43)cccc12. The van der Waals surface area contributed by atoms with Crippen LogP contribution in [0.2, 0.25) is 0 Å². The molecular formula is C38H19N3OS. The maximum atomic E-state index is 9.57. The van der Waals surface area contributed by atoms with Gasteiger partial charge in [0.2, 0.25) is 5.69 Å². The molecule has 0 saturated carbocycles. The van der Waals surface area contributed by atoms with Gasteiger partial charge < -0.3 is 8.98 Å². The molecule has 9 rings (SSSR count). The zero-order valence-corrected chi connectivity index (χ0v) is 23.4. The standard InChI is InChI=1S/C38H19N3OS/c1-40-30-20-23(24-10-7-15-35-36(24)27-9-3-5-14-34(27)43-35)19-29-26-11-6-13-33(38(26)42-37(29)30)41-31-12-4-2-8-25(31)28-18-22(21-39)16-17-32(28)41/h2-20H. The van der Waals surface area contributed by atoms with Crippen LogP contribution < -0.4 is 0 Å². The second-order valence-electron chi connectivity index (χ2n) is 10.7. The number of rotatable bonds is 2. The van der Waals surface area contributed by atoms with Crippen molar-refractivity contribution in [3.05, 3.63) is 132 Å². The number of aromatic nitrogens is 1. The molecule has 0 atom stereocenters. The number of nitrogens with zero attached hydrogens (tertiary/aromatic N) is 3. The van der Waals surface area contributed by atoms with Gasteiger partial charge in [-0.2, -0.15) is 5.26 Å². The number of thiophene rings is 1. The first kappa shape index (κ1) is 23.8.